The van der Waals surface area contributed by atoms with Crippen LogP contribution in [0.15, 0.2) is 78.9 Å². The van der Waals surface area contributed by atoms with E-state index in [1.54, 1.807) is 41.3 Å². The number of carbonyl (C=O) groups is 2. The number of amides is 1. The first kappa shape index (κ1) is 23.4. The average Bonchev–Trinajstić information content (AvgIpc) is 2.88. The monoisotopic (exact) mass is 462 g/mol. The molecule has 0 bridgehead atoms. The predicted octanol–water partition coefficient (Wildman–Crippen LogP) is 3.91. The number of piperazine rings is 1. The van der Waals surface area contributed by atoms with E-state index in [2.05, 4.69) is 4.90 Å². The molecule has 3 aromatic carbocycles. The van der Waals surface area contributed by atoms with Gasteiger partial charge >= 0.3 is 5.97 Å². The summed E-state index contributed by atoms with van der Waals surface area (Å²) in [5.74, 6) is -0.552. The lowest BCUT2D eigenvalue weighted by molar-refractivity contribution is -0.135. The number of para-hydroxylation sites is 1. The number of hydrogen-bond donors (Lipinski definition) is 0. The van der Waals surface area contributed by atoms with Crippen molar-refractivity contribution < 1.29 is 23.5 Å². The third kappa shape index (κ3) is 6.42. The number of benzene rings is 3. The van der Waals surface area contributed by atoms with Crippen molar-refractivity contribution in [3.8, 4) is 5.75 Å². The van der Waals surface area contributed by atoms with Gasteiger partial charge in [-0.1, -0.05) is 54.6 Å². The van der Waals surface area contributed by atoms with Gasteiger partial charge in [0, 0.05) is 32.7 Å². The maximum Gasteiger partial charge on any atom is 0.342 e. The molecule has 1 aliphatic heterocycles. The molecule has 7 heteroatoms. The van der Waals surface area contributed by atoms with Crippen molar-refractivity contribution in [2.24, 2.45) is 0 Å². The molecule has 0 N–H and O–H groups in total. The summed E-state index contributed by atoms with van der Waals surface area (Å²) in [6, 6.07) is 22.7. The van der Waals surface area contributed by atoms with Crippen LogP contribution in [0.2, 0.25) is 0 Å². The summed E-state index contributed by atoms with van der Waals surface area (Å²) >= 11 is 0. The summed E-state index contributed by atoms with van der Waals surface area (Å²) in [4.78, 5) is 29.2. The van der Waals surface area contributed by atoms with Gasteiger partial charge in [-0.2, -0.15) is 0 Å². The maximum absolute atomic E-state index is 13.1. The number of carbonyl (C=O) groups excluding carboxylic acids is 2. The lowest BCUT2D eigenvalue weighted by Crippen LogP contribution is -2.49. The summed E-state index contributed by atoms with van der Waals surface area (Å²) < 4.78 is 24.2. The van der Waals surface area contributed by atoms with Gasteiger partial charge in [0.2, 0.25) is 0 Å². The standard InChI is InChI=1S/C27H27FN2O4/c28-23-12-10-21(11-13-23)18-29-14-16-30(17-15-29)26(31)20-33-25-9-5-4-8-24(25)27(32)34-19-22-6-2-1-3-7-22/h1-13H,14-20H2. The van der Waals surface area contributed by atoms with E-state index in [0.29, 0.717) is 18.8 Å². The Morgan fingerprint density at radius 1 is 0.794 bits per heavy atom. The van der Waals surface area contributed by atoms with Crippen molar-refractivity contribution in [2.45, 2.75) is 13.2 Å². The molecule has 0 spiro atoms. The summed E-state index contributed by atoms with van der Waals surface area (Å²) in [6.45, 7) is 3.36. The van der Waals surface area contributed by atoms with E-state index in [9.17, 15) is 14.0 Å². The topological polar surface area (TPSA) is 59.1 Å². The molecule has 34 heavy (non-hydrogen) atoms. The smallest absolute Gasteiger partial charge is 0.342 e. The van der Waals surface area contributed by atoms with E-state index in [0.717, 1.165) is 30.8 Å². The van der Waals surface area contributed by atoms with Gasteiger partial charge in [-0.05, 0) is 35.4 Å². The summed E-state index contributed by atoms with van der Waals surface area (Å²) in [5, 5.41) is 0. The van der Waals surface area contributed by atoms with Crippen molar-refractivity contribution in [3.05, 3.63) is 101 Å². The molecule has 1 heterocycles. The second-order valence-corrected chi connectivity index (χ2v) is 8.13. The first-order valence-corrected chi connectivity index (χ1v) is 11.3. The molecule has 176 valence electrons. The van der Waals surface area contributed by atoms with Gasteiger partial charge in [-0.25, -0.2) is 9.18 Å². The fourth-order valence-electron chi connectivity index (χ4n) is 3.80. The largest absolute Gasteiger partial charge is 0.483 e. The Kier molecular flexibility index (Phi) is 7.88. The molecule has 0 aromatic heterocycles. The molecule has 1 aliphatic rings. The van der Waals surface area contributed by atoms with Crippen molar-refractivity contribution in [2.75, 3.05) is 32.8 Å². The van der Waals surface area contributed by atoms with Gasteiger partial charge in [0.15, 0.2) is 6.61 Å². The Balaban J connectivity index is 1.25. The van der Waals surface area contributed by atoms with E-state index >= 15 is 0 Å². The van der Waals surface area contributed by atoms with E-state index in [4.69, 9.17) is 9.47 Å². The highest BCUT2D eigenvalue weighted by Crippen LogP contribution is 2.20. The molecule has 0 saturated carbocycles. The fraction of sp³-hybridized carbons (Fsp3) is 0.259. The van der Waals surface area contributed by atoms with Crippen LogP contribution in [-0.4, -0.2) is 54.5 Å². The zero-order chi connectivity index (χ0) is 23.8. The quantitative estimate of drug-likeness (QED) is 0.475. The molecule has 1 fully saturated rings. The fourth-order valence-corrected chi connectivity index (χ4v) is 3.80. The first-order valence-electron chi connectivity index (χ1n) is 11.3. The van der Waals surface area contributed by atoms with E-state index in [-0.39, 0.29) is 30.5 Å². The molecule has 0 radical (unpaired) electrons. The van der Waals surface area contributed by atoms with Crippen LogP contribution in [0.1, 0.15) is 21.5 Å². The summed E-state index contributed by atoms with van der Waals surface area (Å²) in [7, 11) is 0. The van der Waals surface area contributed by atoms with Crippen LogP contribution in [0.5, 0.6) is 5.75 Å². The molecule has 4 rings (SSSR count). The SMILES string of the molecule is O=C(OCc1ccccc1)c1ccccc1OCC(=O)N1CCN(Cc2ccc(F)cc2)CC1. The minimum Gasteiger partial charge on any atom is -0.483 e. The maximum atomic E-state index is 13.1. The summed E-state index contributed by atoms with van der Waals surface area (Å²) in [5.41, 5.74) is 2.22. The van der Waals surface area contributed by atoms with Gasteiger partial charge in [-0.15, -0.1) is 0 Å². The normalized spacial score (nSPS) is 14.0. The number of nitrogens with zero attached hydrogens (tertiary/aromatic N) is 2. The summed E-state index contributed by atoms with van der Waals surface area (Å²) in [6.07, 6.45) is 0. The highest BCUT2D eigenvalue weighted by molar-refractivity contribution is 5.92. The van der Waals surface area contributed by atoms with Crippen molar-refractivity contribution in [1.29, 1.82) is 0 Å². The Morgan fingerprint density at radius 2 is 1.47 bits per heavy atom. The van der Waals surface area contributed by atoms with Crippen LogP contribution >= 0.6 is 0 Å². The zero-order valence-corrected chi connectivity index (χ0v) is 18.9. The Morgan fingerprint density at radius 3 is 2.21 bits per heavy atom. The lowest BCUT2D eigenvalue weighted by Gasteiger charge is -2.34. The van der Waals surface area contributed by atoms with Crippen LogP contribution < -0.4 is 4.74 Å². The highest BCUT2D eigenvalue weighted by Gasteiger charge is 2.22. The molecule has 3 aromatic rings. The number of ether oxygens (including phenoxy) is 2. The number of hydrogen-bond acceptors (Lipinski definition) is 5. The van der Waals surface area contributed by atoms with E-state index in [1.807, 2.05) is 30.3 Å². The Labute approximate surface area is 198 Å². The van der Waals surface area contributed by atoms with Crippen molar-refractivity contribution in [3.63, 3.8) is 0 Å². The molecule has 0 atom stereocenters. The van der Waals surface area contributed by atoms with Gasteiger partial charge in [-0.3, -0.25) is 9.69 Å². The van der Waals surface area contributed by atoms with Crippen LogP contribution in [0.3, 0.4) is 0 Å². The third-order valence-electron chi connectivity index (χ3n) is 5.72. The molecule has 0 aliphatic carbocycles. The van der Waals surface area contributed by atoms with Crippen molar-refractivity contribution in [1.82, 2.24) is 9.80 Å². The number of esters is 1. The number of halogens is 1. The second-order valence-electron chi connectivity index (χ2n) is 8.13. The number of rotatable bonds is 8. The minimum atomic E-state index is -0.499. The third-order valence-corrected chi connectivity index (χ3v) is 5.72. The van der Waals surface area contributed by atoms with Crippen LogP contribution in [0, 0.1) is 5.82 Å². The van der Waals surface area contributed by atoms with Gasteiger partial charge in [0.25, 0.3) is 5.91 Å². The molecule has 6 nitrogen and oxygen atoms in total. The Bertz CT molecular complexity index is 1100. The zero-order valence-electron chi connectivity index (χ0n) is 18.9. The molecular weight excluding hydrogens is 435 g/mol. The Hall–Kier alpha value is -3.71. The lowest BCUT2D eigenvalue weighted by atomic mass is 10.2. The van der Waals surface area contributed by atoms with E-state index < -0.39 is 5.97 Å². The average molecular weight is 463 g/mol. The molecule has 0 unspecified atom stereocenters. The van der Waals surface area contributed by atoms with Crippen molar-refractivity contribution >= 4 is 11.9 Å². The van der Waals surface area contributed by atoms with Gasteiger partial charge < -0.3 is 14.4 Å². The molecular formula is C27H27FN2O4. The molecule has 1 saturated heterocycles. The predicted molar refractivity (Wildman–Crippen MR) is 126 cm³/mol. The van der Waals surface area contributed by atoms with Crippen LogP contribution in [-0.2, 0) is 22.7 Å². The second kappa shape index (κ2) is 11.4. The van der Waals surface area contributed by atoms with Gasteiger partial charge in [0.1, 0.15) is 23.7 Å². The van der Waals surface area contributed by atoms with Crippen LogP contribution in [0.4, 0.5) is 4.39 Å². The first-order chi connectivity index (χ1) is 16.6. The van der Waals surface area contributed by atoms with Gasteiger partial charge in [0.05, 0.1) is 0 Å². The van der Waals surface area contributed by atoms with Crippen LogP contribution in [0.25, 0.3) is 0 Å². The van der Waals surface area contributed by atoms with E-state index in [1.165, 1.54) is 12.1 Å². The minimum absolute atomic E-state index is 0.131. The highest BCUT2D eigenvalue weighted by atomic mass is 19.1. The molecule has 1 amide bonds.